The minimum atomic E-state index is -0.627. The van der Waals surface area contributed by atoms with Crippen LogP contribution in [-0.4, -0.2) is 85.1 Å². The third-order valence-corrected chi connectivity index (χ3v) is 10.7. The van der Waals surface area contributed by atoms with Crippen LogP contribution in [0.4, 0.5) is 20.3 Å². The Labute approximate surface area is 297 Å². The summed E-state index contributed by atoms with van der Waals surface area (Å²) in [5.41, 5.74) is 5.01. The Morgan fingerprint density at radius 2 is 1.81 bits per heavy atom. The van der Waals surface area contributed by atoms with Gasteiger partial charge in [-0.1, -0.05) is 6.07 Å². The Morgan fingerprint density at radius 3 is 2.65 bits per heavy atom. The average molecular weight is 706 g/mol. The van der Waals surface area contributed by atoms with Crippen LogP contribution < -0.4 is 15.8 Å². The Bertz CT molecular complexity index is 2470. The Kier molecular flexibility index (Phi) is 7.61. The van der Waals surface area contributed by atoms with Crippen molar-refractivity contribution in [2.45, 2.75) is 57.5 Å². The minimum Gasteiger partial charge on any atom is -0.378 e. The summed E-state index contributed by atoms with van der Waals surface area (Å²) in [5.74, 6) is 0.416. The van der Waals surface area contributed by atoms with Crippen molar-refractivity contribution in [1.29, 1.82) is 0 Å². The molecule has 1 N–H and O–H groups in total. The number of pyridine rings is 2. The normalized spacial score (nSPS) is 20.3. The SMILES string of the molecule is CO[C@H]1CN(C)C(=O)[C@@H]2CC(CN2c2cc(=O)n3c4c2cnn4-c2ccc(F)cc2CCC3)Nc2cccc(n2)-c2cc(F)cc3nc(C)n(c23)C1. The summed E-state index contributed by atoms with van der Waals surface area (Å²) in [7, 11) is 3.38. The molecule has 4 aromatic heterocycles. The molecule has 0 spiro atoms. The molecule has 0 aliphatic carbocycles. The van der Waals surface area contributed by atoms with Crippen molar-refractivity contribution in [3.8, 4) is 16.9 Å². The lowest BCUT2D eigenvalue weighted by atomic mass is 10.1. The van der Waals surface area contributed by atoms with Crippen molar-refractivity contribution in [1.82, 2.24) is 33.8 Å². The van der Waals surface area contributed by atoms with Crippen LogP contribution in [0.5, 0.6) is 0 Å². The number of nitrogens with one attached hydrogen (secondary N) is 1. The summed E-state index contributed by atoms with van der Waals surface area (Å²) in [5, 5.41) is 9.00. The molecule has 1 fully saturated rings. The number of halogens is 2. The van der Waals surface area contributed by atoms with Crippen LogP contribution in [0.2, 0.25) is 0 Å². The van der Waals surface area contributed by atoms with E-state index in [4.69, 9.17) is 14.8 Å². The summed E-state index contributed by atoms with van der Waals surface area (Å²) in [6.07, 6.45) is 3.01. The summed E-state index contributed by atoms with van der Waals surface area (Å²) in [6, 6.07) is 13.9. The second-order valence-corrected chi connectivity index (χ2v) is 14.0. The number of imidazole rings is 1. The van der Waals surface area contributed by atoms with E-state index in [0.717, 1.165) is 22.2 Å². The molecule has 7 heterocycles. The van der Waals surface area contributed by atoms with Gasteiger partial charge in [-0.05, 0) is 68.1 Å². The Morgan fingerprint density at radius 1 is 0.942 bits per heavy atom. The number of nitrogens with zero attached hydrogens (tertiary/aromatic N) is 8. The van der Waals surface area contributed by atoms with E-state index in [1.165, 1.54) is 24.3 Å². The minimum absolute atomic E-state index is 0.121. The maximum Gasteiger partial charge on any atom is 0.254 e. The Balaban J connectivity index is 1.17. The maximum atomic E-state index is 15.0. The monoisotopic (exact) mass is 705 g/mol. The number of hydrogen-bond donors (Lipinski definition) is 1. The number of ether oxygens (including phenoxy) is 1. The van der Waals surface area contributed by atoms with Crippen LogP contribution in [0.1, 0.15) is 24.2 Å². The first kappa shape index (κ1) is 32.3. The zero-order chi connectivity index (χ0) is 35.8. The molecule has 12 nitrogen and oxygen atoms in total. The summed E-state index contributed by atoms with van der Waals surface area (Å²) < 4.78 is 40.7. The molecule has 4 bridgehead atoms. The number of rotatable bonds is 2. The molecule has 1 unspecified atom stereocenters. The van der Waals surface area contributed by atoms with E-state index >= 15 is 4.39 Å². The molecular weight excluding hydrogens is 668 g/mol. The van der Waals surface area contributed by atoms with E-state index in [0.29, 0.717) is 78.6 Å². The van der Waals surface area contributed by atoms with Crippen LogP contribution in [0.15, 0.2) is 65.6 Å². The zero-order valence-corrected chi connectivity index (χ0v) is 29.0. The number of hydrogen-bond acceptors (Lipinski definition) is 8. The van der Waals surface area contributed by atoms with E-state index in [-0.39, 0.29) is 29.9 Å². The highest BCUT2D eigenvalue weighted by Gasteiger charge is 2.40. The van der Waals surface area contributed by atoms with Crippen LogP contribution >= 0.6 is 0 Å². The number of likely N-dealkylation sites (N-methyl/N-ethyl adjacent to an activating group) is 1. The highest BCUT2D eigenvalue weighted by molar-refractivity contribution is 5.95. The first-order chi connectivity index (χ1) is 25.2. The third kappa shape index (κ3) is 5.23. The first-order valence-corrected chi connectivity index (χ1v) is 17.5. The van der Waals surface area contributed by atoms with E-state index in [1.807, 2.05) is 34.6 Å². The van der Waals surface area contributed by atoms with Gasteiger partial charge in [-0.25, -0.2) is 23.4 Å². The lowest BCUT2D eigenvalue weighted by molar-refractivity contribution is -0.132. The summed E-state index contributed by atoms with van der Waals surface area (Å²) in [4.78, 5) is 41.8. The molecule has 0 radical (unpaired) electrons. The number of amides is 1. The second kappa shape index (κ2) is 12.3. The number of anilines is 2. The molecule has 52 heavy (non-hydrogen) atoms. The van der Waals surface area contributed by atoms with Gasteiger partial charge in [-0.3, -0.25) is 14.2 Å². The van der Waals surface area contributed by atoms with E-state index < -0.39 is 18.0 Å². The largest absolute Gasteiger partial charge is 0.378 e. The van der Waals surface area contributed by atoms with Gasteiger partial charge in [-0.15, -0.1) is 0 Å². The van der Waals surface area contributed by atoms with Gasteiger partial charge >= 0.3 is 0 Å². The number of methoxy groups -OCH3 is 1. The zero-order valence-electron chi connectivity index (χ0n) is 29.0. The van der Waals surface area contributed by atoms with Crippen LogP contribution in [0, 0.1) is 18.6 Å². The highest BCUT2D eigenvalue weighted by atomic mass is 19.1. The van der Waals surface area contributed by atoms with Crippen molar-refractivity contribution in [3.05, 3.63) is 94.2 Å². The molecular formula is C38H37F2N9O3. The number of carbonyl (C=O) groups excluding carboxylic acids is 1. The quantitative estimate of drug-likeness (QED) is 0.277. The predicted octanol–water partition coefficient (Wildman–Crippen LogP) is 4.68. The second-order valence-electron chi connectivity index (χ2n) is 14.0. The fourth-order valence-corrected chi connectivity index (χ4v) is 8.32. The number of aryl methyl sites for hydroxylation is 3. The molecule has 2 aromatic carbocycles. The van der Waals surface area contributed by atoms with Crippen molar-refractivity contribution in [2.75, 3.05) is 37.5 Å². The third-order valence-electron chi connectivity index (χ3n) is 10.7. The van der Waals surface area contributed by atoms with Crippen LogP contribution in [0.3, 0.4) is 0 Å². The average Bonchev–Trinajstić information content (AvgIpc) is 3.82. The first-order valence-electron chi connectivity index (χ1n) is 17.5. The lowest BCUT2D eigenvalue weighted by Crippen LogP contribution is -2.47. The number of fused-ring (bicyclic) bond motifs is 7. The van der Waals surface area contributed by atoms with Gasteiger partial charge in [0.1, 0.15) is 35.0 Å². The van der Waals surface area contributed by atoms with Crippen molar-refractivity contribution < 1.29 is 18.3 Å². The van der Waals surface area contributed by atoms with E-state index in [2.05, 4.69) is 10.3 Å². The van der Waals surface area contributed by atoms with E-state index in [9.17, 15) is 14.0 Å². The molecule has 3 atom stereocenters. The van der Waals surface area contributed by atoms with Crippen LogP contribution in [-0.2, 0) is 29.0 Å². The fourth-order valence-electron chi connectivity index (χ4n) is 8.32. The molecule has 3 aliphatic heterocycles. The lowest BCUT2D eigenvalue weighted by Gasteiger charge is -2.31. The molecule has 266 valence electrons. The van der Waals surface area contributed by atoms with Gasteiger partial charge in [0, 0.05) is 57.5 Å². The van der Waals surface area contributed by atoms with Gasteiger partial charge in [0.05, 0.1) is 52.3 Å². The molecule has 9 rings (SSSR count). The molecule has 3 aliphatic rings. The fraction of sp³-hybridized carbons (Fsp3) is 0.342. The summed E-state index contributed by atoms with van der Waals surface area (Å²) >= 11 is 0. The molecule has 1 saturated heterocycles. The van der Waals surface area contributed by atoms with Crippen molar-refractivity contribution in [3.63, 3.8) is 0 Å². The van der Waals surface area contributed by atoms with Gasteiger partial charge in [0.15, 0.2) is 0 Å². The molecule has 0 saturated carbocycles. The number of aromatic nitrogens is 6. The van der Waals surface area contributed by atoms with Crippen LogP contribution in [0.25, 0.3) is 39.0 Å². The van der Waals surface area contributed by atoms with Crippen molar-refractivity contribution in [2.24, 2.45) is 0 Å². The maximum absolute atomic E-state index is 15.0. The van der Waals surface area contributed by atoms with Gasteiger partial charge < -0.3 is 24.4 Å². The van der Waals surface area contributed by atoms with Crippen molar-refractivity contribution >= 4 is 39.5 Å². The topological polar surface area (TPSA) is 115 Å². The van der Waals surface area contributed by atoms with E-state index in [1.54, 1.807) is 46.6 Å². The van der Waals surface area contributed by atoms with Gasteiger partial charge in [0.2, 0.25) is 5.91 Å². The highest BCUT2D eigenvalue weighted by Crippen LogP contribution is 2.36. The Hall–Kier alpha value is -5.63. The standard InChI is InChI=1S/C38H37F2N9O3/c1-21-42-30-14-24(40)13-27-29-7-4-8-34(44-29)43-25-15-33(38(51)45(2)19-26(52-3)20-47(21)36(27)30)48(18-25)32-16-35(50)46-11-5-6-22-12-23(39)9-10-31(22)49-37(46)28(32)17-41-49/h4,7-10,12-14,16-17,25-26,33H,5-6,11,15,18-20H2,1-3H3,(H,43,44)/t25?,26-,33-/m0/s1. The van der Waals surface area contributed by atoms with Gasteiger partial charge in [-0.2, -0.15) is 5.10 Å². The predicted molar refractivity (Wildman–Crippen MR) is 193 cm³/mol. The molecule has 14 heteroatoms. The number of benzene rings is 2. The molecule has 6 aromatic rings. The smallest absolute Gasteiger partial charge is 0.254 e. The summed E-state index contributed by atoms with van der Waals surface area (Å²) in [6.45, 7) is 3.36. The number of carbonyl (C=O) groups is 1. The molecule has 1 amide bonds. The van der Waals surface area contributed by atoms with Gasteiger partial charge in [0.25, 0.3) is 5.56 Å².